The zero-order chi connectivity index (χ0) is 25.8. The number of sulfonamides is 1. The van der Waals surface area contributed by atoms with Crippen LogP contribution in [0.1, 0.15) is 25.7 Å². The van der Waals surface area contributed by atoms with E-state index in [0.29, 0.717) is 29.9 Å². The number of rotatable bonds is 9. The van der Waals surface area contributed by atoms with Crippen molar-refractivity contribution in [3.05, 3.63) is 42.5 Å². The van der Waals surface area contributed by atoms with Crippen LogP contribution in [0.3, 0.4) is 0 Å². The third kappa shape index (κ3) is 5.87. The van der Waals surface area contributed by atoms with E-state index in [2.05, 4.69) is 38.8 Å². The van der Waals surface area contributed by atoms with Crippen molar-refractivity contribution in [2.24, 2.45) is 11.8 Å². The summed E-state index contributed by atoms with van der Waals surface area (Å²) in [5.41, 5.74) is 0. The van der Waals surface area contributed by atoms with Gasteiger partial charge in [-0.2, -0.15) is 4.37 Å². The maximum Gasteiger partial charge on any atom is 0.244 e. The minimum atomic E-state index is -3.72. The van der Waals surface area contributed by atoms with Crippen molar-refractivity contribution in [2.75, 3.05) is 58.4 Å². The molecule has 0 bridgehead atoms. The Balaban J connectivity index is 1.19. The lowest BCUT2D eigenvalue weighted by Gasteiger charge is -2.40. The fourth-order valence-corrected chi connectivity index (χ4v) is 7.73. The molecule has 10 heteroatoms. The predicted molar refractivity (Wildman–Crippen MR) is 148 cm³/mol. The minimum Gasteiger partial charge on any atom is -0.497 e. The van der Waals surface area contributed by atoms with Crippen LogP contribution in [-0.4, -0.2) is 71.2 Å². The quantitative estimate of drug-likeness (QED) is 0.432. The summed E-state index contributed by atoms with van der Waals surface area (Å²) >= 11 is 1.57. The summed E-state index contributed by atoms with van der Waals surface area (Å²) in [6.07, 6.45) is 4.55. The highest BCUT2D eigenvalue weighted by Gasteiger charge is 2.31. The number of fused-ring (bicyclic) bond motifs is 1. The van der Waals surface area contributed by atoms with Crippen LogP contribution in [0.15, 0.2) is 47.4 Å². The first-order valence-electron chi connectivity index (χ1n) is 13.0. The molecule has 200 valence electrons. The third-order valence-corrected chi connectivity index (χ3v) is 10.0. The molecule has 2 aliphatic rings. The summed E-state index contributed by atoms with van der Waals surface area (Å²) < 4.78 is 45.8. The Morgan fingerprint density at radius 3 is 2.51 bits per heavy atom. The molecule has 37 heavy (non-hydrogen) atoms. The van der Waals surface area contributed by atoms with Crippen LogP contribution in [0.25, 0.3) is 10.1 Å². The Kier molecular flexibility index (Phi) is 8.18. The second-order valence-corrected chi connectivity index (χ2v) is 12.5. The van der Waals surface area contributed by atoms with Gasteiger partial charge in [-0.1, -0.05) is 25.0 Å². The van der Waals surface area contributed by atoms with Gasteiger partial charge in [0.1, 0.15) is 22.2 Å². The zero-order valence-corrected chi connectivity index (χ0v) is 23.2. The molecule has 3 aromatic rings. The van der Waals surface area contributed by atoms with E-state index in [1.165, 1.54) is 36.8 Å². The molecule has 1 aromatic heterocycles. The Labute approximate surface area is 223 Å². The minimum absolute atomic E-state index is 0.118. The maximum absolute atomic E-state index is 13.2. The van der Waals surface area contributed by atoms with E-state index in [-0.39, 0.29) is 4.90 Å². The van der Waals surface area contributed by atoms with Crippen LogP contribution in [0.2, 0.25) is 0 Å². The summed E-state index contributed by atoms with van der Waals surface area (Å²) in [4.78, 5) is 5.07. The van der Waals surface area contributed by atoms with E-state index in [4.69, 9.17) is 13.8 Å². The SMILES string of the molecule is COc1ccc(OC)c(S(=O)(=O)NC[C@H]2CCCC[C@@H]2CN2CCN(c3nsc4ccccc34)CC2)c1. The van der Waals surface area contributed by atoms with E-state index in [0.717, 1.165) is 57.8 Å². The van der Waals surface area contributed by atoms with E-state index < -0.39 is 10.0 Å². The molecule has 2 aromatic carbocycles. The summed E-state index contributed by atoms with van der Waals surface area (Å²) in [5.74, 6) is 2.72. The van der Waals surface area contributed by atoms with Crippen molar-refractivity contribution >= 4 is 37.5 Å². The molecular weight excluding hydrogens is 508 g/mol. The fourth-order valence-electron chi connectivity index (χ4n) is 5.66. The summed E-state index contributed by atoms with van der Waals surface area (Å²) in [7, 11) is -0.717. The molecule has 2 atom stereocenters. The van der Waals surface area contributed by atoms with E-state index in [9.17, 15) is 8.42 Å². The van der Waals surface area contributed by atoms with Crippen LogP contribution in [-0.2, 0) is 10.0 Å². The molecule has 1 saturated heterocycles. The van der Waals surface area contributed by atoms with Gasteiger partial charge in [0, 0.05) is 50.7 Å². The Morgan fingerprint density at radius 2 is 1.76 bits per heavy atom. The van der Waals surface area contributed by atoms with Crippen molar-refractivity contribution in [1.29, 1.82) is 0 Å². The third-order valence-electron chi connectivity index (χ3n) is 7.79. The molecule has 0 unspecified atom stereocenters. The second kappa shape index (κ2) is 11.6. The number of piperazine rings is 1. The van der Waals surface area contributed by atoms with Crippen LogP contribution in [0, 0.1) is 11.8 Å². The fraction of sp³-hybridized carbons (Fsp3) is 0.519. The Morgan fingerprint density at radius 1 is 1.00 bits per heavy atom. The zero-order valence-electron chi connectivity index (χ0n) is 21.6. The van der Waals surface area contributed by atoms with Crippen molar-refractivity contribution in [3.63, 3.8) is 0 Å². The molecule has 2 heterocycles. The summed E-state index contributed by atoms with van der Waals surface area (Å²) in [5, 5.41) is 1.24. The van der Waals surface area contributed by atoms with Crippen LogP contribution in [0.5, 0.6) is 11.5 Å². The lowest BCUT2D eigenvalue weighted by atomic mass is 9.79. The standard InChI is InChI=1S/C27H36N4O4S2/c1-34-22-11-12-24(35-2)26(17-22)37(32,33)28-18-20-7-3-4-8-21(20)19-30-13-15-31(16-14-30)27-23-9-5-6-10-25(23)36-29-27/h5-6,9-12,17,20-21,28H,3-4,7-8,13-16,18-19H2,1-2H3/t20-,21-/m1/s1. The van der Waals surface area contributed by atoms with Crippen molar-refractivity contribution < 1.29 is 17.9 Å². The molecule has 1 saturated carbocycles. The van der Waals surface area contributed by atoms with Gasteiger partial charge in [0.2, 0.25) is 10.0 Å². The smallest absolute Gasteiger partial charge is 0.244 e. The molecule has 1 aliphatic carbocycles. The highest BCUT2D eigenvalue weighted by molar-refractivity contribution is 7.89. The Bertz CT molecular complexity index is 1300. The van der Waals surface area contributed by atoms with E-state index >= 15 is 0 Å². The Hall–Kier alpha value is -2.40. The number of methoxy groups -OCH3 is 2. The van der Waals surface area contributed by atoms with Crippen molar-refractivity contribution in [1.82, 2.24) is 14.0 Å². The van der Waals surface area contributed by atoms with Gasteiger partial charge in [0.15, 0.2) is 0 Å². The largest absolute Gasteiger partial charge is 0.497 e. The normalized spacial score (nSPS) is 21.3. The molecule has 8 nitrogen and oxygen atoms in total. The van der Waals surface area contributed by atoms with E-state index in [1.54, 1.807) is 23.7 Å². The number of ether oxygens (including phenoxy) is 2. The average Bonchev–Trinajstić information content (AvgIpc) is 3.37. The van der Waals surface area contributed by atoms with E-state index in [1.807, 2.05) is 0 Å². The molecular formula is C27H36N4O4S2. The molecule has 0 spiro atoms. The molecule has 1 N–H and O–H groups in total. The monoisotopic (exact) mass is 544 g/mol. The van der Waals surface area contributed by atoms with Gasteiger partial charge in [-0.25, -0.2) is 13.1 Å². The first-order valence-corrected chi connectivity index (χ1v) is 15.3. The van der Waals surface area contributed by atoms with Gasteiger partial charge in [-0.05, 0) is 60.5 Å². The van der Waals surface area contributed by atoms with Crippen LogP contribution < -0.4 is 19.1 Å². The molecule has 1 aliphatic heterocycles. The number of hydrogen-bond acceptors (Lipinski definition) is 8. The number of benzene rings is 2. The van der Waals surface area contributed by atoms with Gasteiger partial charge < -0.3 is 14.4 Å². The molecule has 5 rings (SSSR count). The van der Waals surface area contributed by atoms with Gasteiger partial charge in [0.25, 0.3) is 0 Å². The van der Waals surface area contributed by atoms with Crippen molar-refractivity contribution in [2.45, 2.75) is 30.6 Å². The number of nitrogens with one attached hydrogen (secondary N) is 1. The molecule has 0 amide bonds. The number of nitrogens with zero attached hydrogens (tertiary/aromatic N) is 3. The molecule has 0 radical (unpaired) electrons. The first-order chi connectivity index (χ1) is 18.0. The highest BCUT2D eigenvalue weighted by atomic mass is 32.2. The predicted octanol–water partition coefficient (Wildman–Crippen LogP) is 4.22. The molecule has 2 fully saturated rings. The summed E-state index contributed by atoms with van der Waals surface area (Å²) in [6, 6.07) is 13.3. The van der Waals surface area contributed by atoms with Crippen LogP contribution in [0.4, 0.5) is 5.82 Å². The first kappa shape index (κ1) is 26.2. The van der Waals surface area contributed by atoms with Gasteiger partial charge in [0.05, 0.1) is 18.9 Å². The summed E-state index contributed by atoms with van der Waals surface area (Å²) in [6.45, 7) is 5.39. The lowest BCUT2D eigenvalue weighted by molar-refractivity contribution is 0.147. The van der Waals surface area contributed by atoms with Gasteiger partial charge in [-0.15, -0.1) is 0 Å². The topological polar surface area (TPSA) is 84.0 Å². The lowest BCUT2D eigenvalue weighted by Crippen LogP contribution is -2.49. The highest BCUT2D eigenvalue weighted by Crippen LogP contribution is 2.33. The number of hydrogen-bond donors (Lipinski definition) is 1. The average molecular weight is 545 g/mol. The van der Waals surface area contributed by atoms with Gasteiger partial charge >= 0.3 is 0 Å². The van der Waals surface area contributed by atoms with Crippen molar-refractivity contribution in [3.8, 4) is 11.5 Å². The number of anilines is 1. The number of aromatic nitrogens is 1. The maximum atomic E-state index is 13.2. The second-order valence-electron chi connectivity index (χ2n) is 9.96. The van der Waals surface area contributed by atoms with Crippen LogP contribution >= 0.6 is 11.5 Å². The van der Waals surface area contributed by atoms with Gasteiger partial charge in [-0.3, -0.25) is 4.90 Å².